The number of halogens is 5. The molecule has 0 aliphatic carbocycles. The van der Waals surface area contributed by atoms with Crippen LogP contribution in [-0.2, 0) is 10.3 Å². The number of esters is 1. The molecule has 3 rings (SSSR count). The summed E-state index contributed by atoms with van der Waals surface area (Å²) < 4.78 is 46.8. The van der Waals surface area contributed by atoms with Gasteiger partial charge in [0.15, 0.2) is 0 Å². The molecule has 11 heteroatoms. The van der Waals surface area contributed by atoms with E-state index in [0.29, 0.717) is 0 Å². The molecule has 0 saturated carbocycles. The molecule has 0 bridgehead atoms. The molecule has 2 aromatic carbocycles. The number of hydrogen-bond donors (Lipinski definition) is 2. The summed E-state index contributed by atoms with van der Waals surface area (Å²) >= 11 is 11.9. The lowest BCUT2D eigenvalue weighted by atomic mass is 9.82. The van der Waals surface area contributed by atoms with E-state index >= 15 is 0 Å². The SMILES string of the molecule is C=C(c1ccc(C(=O)Nc2cccc(C(=O)OC)c2)cc1Cl)[C@@](O)(c1ccnc(Cl)c1)C(F)(F)F. The van der Waals surface area contributed by atoms with Crippen LogP contribution in [0.3, 0.4) is 0 Å². The summed E-state index contributed by atoms with van der Waals surface area (Å²) in [5.41, 5.74) is -4.63. The molecule has 35 heavy (non-hydrogen) atoms. The Balaban J connectivity index is 1.92. The van der Waals surface area contributed by atoms with Crippen LogP contribution in [0.5, 0.6) is 0 Å². The van der Waals surface area contributed by atoms with E-state index in [0.717, 1.165) is 30.5 Å². The van der Waals surface area contributed by atoms with Crippen LogP contribution in [0.4, 0.5) is 18.9 Å². The standard InChI is InChI=1S/C24H17Cl2F3N2O4/c1-13(23(34,24(27,28)29)16-8-9-30-20(26)12-16)18-7-6-14(11-19(18)25)21(32)31-17-5-3-4-15(10-17)22(33)35-2/h3-12,34H,1H2,2H3,(H,31,32)/t23-/m1/s1. The van der Waals surface area contributed by atoms with E-state index in [1.165, 1.54) is 37.4 Å². The van der Waals surface area contributed by atoms with Crippen molar-refractivity contribution in [3.8, 4) is 0 Å². The van der Waals surface area contributed by atoms with Crippen LogP contribution in [0.25, 0.3) is 5.57 Å². The highest BCUT2D eigenvalue weighted by Gasteiger charge is 2.57. The van der Waals surface area contributed by atoms with Gasteiger partial charge >= 0.3 is 12.1 Å². The molecule has 3 aromatic rings. The van der Waals surface area contributed by atoms with Gasteiger partial charge in [-0.1, -0.05) is 41.9 Å². The maximum Gasteiger partial charge on any atom is 0.425 e. The number of ether oxygens (including phenoxy) is 1. The van der Waals surface area contributed by atoms with Crippen LogP contribution in [0.2, 0.25) is 10.2 Å². The van der Waals surface area contributed by atoms with E-state index in [-0.39, 0.29) is 32.6 Å². The first-order valence-corrected chi connectivity index (χ1v) is 10.5. The van der Waals surface area contributed by atoms with Crippen molar-refractivity contribution in [3.05, 3.63) is 99.8 Å². The summed E-state index contributed by atoms with van der Waals surface area (Å²) in [6.07, 6.45) is -4.16. The monoisotopic (exact) mass is 524 g/mol. The number of carbonyl (C=O) groups is 2. The van der Waals surface area contributed by atoms with Gasteiger partial charge in [0.1, 0.15) is 5.15 Å². The maximum absolute atomic E-state index is 14.0. The quantitative estimate of drug-likeness (QED) is 0.310. The second kappa shape index (κ2) is 10.1. The highest BCUT2D eigenvalue weighted by Crippen LogP contribution is 2.48. The second-order valence-electron chi connectivity index (χ2n) is 7.28. The highest BCUT2D eigenvalue weighted by molar-refractivity contribution is 6.33. The fourth-order valence-corrected chi connectivity index (χ4v) is 3.75. The van der Waals surface area contributed by atoms with Crippen molar-refractivity contribution in [2.24, 2.45) is 0 Å². The van der Waals surface area contributed by atoms with Gasteiger partial charge in [0, 0.05) is 28.0 Å². The van der Waals surface area contributed by atoms with Crippen LogP contribution in [0.1, 0.15) is 31.8 Å². The Labute approximate surface area is 208 Å². The Morgan fingerprint density at radius 2 is 1.77 bits per heavy atom. The average Bonchev–Trinajstić information content (AvgIpc) is 2.81. The van der Waals surface area contributed by atoms with Gasteiger partial charge in [0.05, 0.1) is 12.7 Å². The number of amides is 1. The molecule has 2 N–H and O–H groups in total. The Bertz CT molecular complexity index is 1310. The first-order valence-electron chi connectivity index (χ1n) is 9.78. The fourth-order valence-electron chi connectivity index (χ4n) is 3.28. The maximum atomic E-state index is 14.0. The molecule has 0 saturated heterocycles. The van der Waals surface area contributed by atoms with Crippen molar-refractivity contribution in [3.63, 3.8) is 0 Å². The predicted molar refractivity (Wildman–Crippen MR) is 125 cm³/mol. The van der Waals surface area contributed by atoms with Gasteiger partial charge in [-0.05, 0) is 53.6 Å². The first kappa shape index (κ1) is 26.2. The molecule has 1 atom stereocenters. The molecule has 1 amide bonds. The van der Waals surface area contributed by atoms with Gasteiger partial charge < -0.3 is 15.2 Å². The van der Waals surface area contributed by atoms with Crippen LogP contribution in [-0.4, -0.2) is 35.3 Å². The molecular weight excluding hydrogens is 508 g/mol. The van der Waals surface area contributed by atoms with Crippen LogP contribution >= 0.6 is 23.2 Å². The highest BCUT2D eigenvalue weighted by atomic mass is 35.5. The Kier molecular flexibility index (Phi) is 7.54. The van der Waals surface area contributed by atoms with Crippen LogP contribution in [0, 0.1) is 0 Å². The predicted octanol–water partition coefficient (Wildman–Crippen LogP) is 5.89. The molecule has 0 spiro atoms. The summed E-state index contributed by atoms with van der Waals surface area (Å²) in [5, 5.41) is 12.8. The summed E-state index contributed by atoms with van der Waals surface area (Å²) in [6.45, 7) is 3.44. The molecule has 0 radical (unpaired) electrons. The number of hydrogen-bond acceptors (Lipinski definition) is 5. The third kappa shape index (κ3) is 5.32. The number of benzene rings is 2. The number of alkyl halides is 3. The summed E-state index contributed by atoms with van der Waals surface area (Å²) in [7, 11) is 1.22. The van der Waals surface area contributed by atoms with Crippen LogP contribution in [0.15, 0.2) is 67.4 Å². The molecule has 0 unspecified atom stereocenters. The second-order valence-corrected chi connectivity index (χ2v) is 8.07. The molecular formula is C24H17Cl2F3N2O4. The van der Waals surface area contributed by atoms with E-state index in [1.807, 2.05) is 0 Å². The number of carbonyl (C=O) groups excluding carboxylic acids is 2. The fraction of sp³-hybridized carbons (Fsp3) is 0.125. The molecule has 0 aliphatic heterocycles. The van der Waals surface area contributed by atoms with Gasteiger partial charge in [-0.3, -0.25) is 4.79 Å². The van der Waals surface area contributed by atoms with Crippen LogP contribution < -0.4 is 5.32 Å². The number of anilines is 1. The lowest BCUT2D eigenvalue weighted by Crippen LogP contribution is -2.43. The van der Waals surface area contributed by atoms with E-state index in [1.54, 1.807) is 0 Å². The molecule has 0 aliphatic rings. The number of rotatable bonds is 6. The van der Waals surface area contributed by atoms with Crippen molar-refractivity contribution >= 4 is 46.3 Å². The van der Waals surface area contributed by atoms with Gasteiger partial charge in [0.2, 0.25) is 5.60 Å². The zero-order valence-electron chi connectivity index (χ0n) is 18.0. The molecule has 6 nitrogen and oxygen atoms in total. The number of nitrogens with one attached hydrogen (secondary N) is 1. The third-order valence-electron chi connectivity index (χ3n) is 5.09. The lowest BCUT2D eigenvalue weighted by molar-refractivity contribution is -0.240. The van der Waals surface area contributed by atoms with Gasteiger partial charge in [-0.25, -0.2) is 9.78 Å². The number of aromatic nitrogens is 1. The molecule has 1 heterocycles. The van der Waals surface area contributed by atoms with Crippen molar-refractivity contribution < 1.29 is 32.6 Å². The minimum absolute atomic E-state index is 0.0116. The van der Waals surface area contributed by atoms with E-state index in [4.69, 9.17) is 23.2 Å². The average molecular weight is 525 g/mol. The van der Waals surface area contributed by atoms with Gasteiger partial charge in [0.25, 0.3) is 5.91 Å². The number of methoxy groups -OCH3 is 1. The number of pyridine rings is 1. The van der Waals surface area contributed by atoms with Gasteiger partial charge in [-0.2, -0.15) is 13.2 Å². The molecule has 0 fully saturated rings. The largest absolute Gasteiger partial charge is 0.465 e. The minimum atomic E-state index is -5.18. The minimum Gasteiger partial charge on any atom is -0.465 e. The van der Waals surface area contributed by atoms with E-state index < -0.39 is 34.8 Å². The summed E-state index contributed by atoms with van der Waals surface area (Å²) in [6, 6.07) is 11.3. The Morgan fingerprint density at radius 3 is 2.37 bits per heavy atom. The summed E-state index contributed by atoms with van der Waals surface area (Å²) in [5.74, 6) is -1.24. The van der Waals surface area contributed by atoms with Crippen molar-refractivity contribution in [2.45, 2.75) is 11.8 Å². The third-order valence-corrected chi connectivity index (χ3v) is 5.61. The molecule has 182 valence electrons. The molecule has 1 aromatic heterocycles. The number of nitrogens with zero attached hydrogens (tertiary/aromatic N) is 1. The topological polar surface area (TPSA) is 88.5 Å². The Hall–Kier alpha value is -3.40. The normalized spacial score (nSPS) is 13.0. The van der Waals surface area contributed by atoms with Crippen molar-refractivity contribution in [1.29, 1.82) is 0 Å². The number of aliphatic hydroxyl groups is 1. The van der Waals surface area contributed by atoms with Crippen molar-refractivity contribution in [1.82, 2.24) is 4.98 Å². The van der Waals surface area contributed by atoms with Crippen molar-refractivity contribution in [2.75, 3.05) is 12.4 Å². The summed E-state index contributed by atoms with van der Waals surface area (Å²) in [4.78, 5) is 28.0. The zero-order chi connectivity index (χ0) is 26.0. The lowest BCUT2D eigenvalue weighted by Gasteiger charge is -2.33. The smallest absolute Gasteiger partial charge is 0.425 e. The van der Waals surface area contributed by atoms with E-state index in [2.05, 4.69) is 21.6 Å². The zero-order valence-corrected chi connectivity index (χ0v) is 19.5. The Morgan fingerprint density at radius 1 is 1.06 bits per heavy atom. The first-order chi connectivity index (χ1) is 16.4. The van der Waals surface area contributed by atoms with Gasteiger partial charge in [-0.15, -0.1) is 0 Å². The van der Waals surface area contributed by atoms with E-state index in [9.17, 15) is 27.9 Å².